The maximum Gasteiger partial charge on any atom is 0.293 e. The van der Waals surface area contributed by atoms with Crippen LogP contribution in [-0.2, 0) is 9.53 Å². The van der Waals surface area contributed by atoms with E-state index in [2.05, 4.69) is 4.90 Å². The summed E-state index contributed by atoms with van der Waals surface area (Å²) in [5.74, 6) is 0. The average Bonchev–Trinajstić information content (AvgIpc) is 2.38. The fourth-order valence-corrected chi connectivity index (χ4v) is 1.37. The highest BCUT2D eigenvalue weighted by Crippen LogP contribution is 2.10. The van der Waals surface area contributed by atoms with Crippen molar-refractivity contribution in [1.82, 2.24) is 4.90 Å². The molecule has 0 spiro atoms. The molecule has 0 aliphatic carbocycles. The molecular formula is C7H14N2O2. The molecule has 4 nitrogen and oxygen atoms in total. The first kappa shape index (κ1) is 8.49. The van der Waals surface area contributed by atoms with E-state index in [0.29, 0.717) is 13.0 Å². The summed E-state index contributed by atoms with van der Waals surface area (Å²) in [4.78, 5) is 12.2. The van der Waals surface area contributed by atoms with Gasteiger partial charge in [-0.1, -0.05) is 0 Å². The molecule has 11 heavy (non-hydrogen) atoms. The van der Waals surface area contributed by atoms with Gasteiger partial charge in [-0.25, -0.2) is 0 Å². The Morgan fingerprint density at radius 1 is 1.73 bits per heavy atom. The van der Waals surface area contributed by atoms with Crippen molar-refractivity contribution in [1.29, 1.82) is 0 Å². The van der Waals surface area contributed by atoms with Crippen molar-refractivity contribution in [3.63, 3.8) is 0 Å². The molecule has 0 aromatic heterocycles. The molecule has 1 saturated heterocycles. The second-order valence-corrected chi connectivity index (χ2v) is 2.73. The lowest BCUT2D eigenvalue weighted by atomic mass is 10.3. The van der Waals surface area contributed by atoms with Crippen LogP contribution < -0.4 is 5.73 Å². The second kappa shape index (κ2) is 4.31. The minimum absolute atomic E-state index is 0.0963. The van der Waals surface area contributed by atoms with E-state index in [1.54, 1.807) is 0 Å². The highest BCUT2D eigenvalue weighted by Gasteiger charge is 2.22. The van der Waals surface area contributed by atoms with Gasteiger partial charge in [-0.2, -0.15) is 0 Å². The van der Waals surface area contributed by atoms with Crippen molar-refractivity contribution in [2.24, 2.45) is 5.73 Å². The van der Waals surface area contributed by atoms with Gasteiger partial charge in [0.2, 0.25) is 0 Å². The van der Waals surface area contributed by atoms with Gasteiger partial charge < -0.3 is 10.5 Å². The zero-order valence-corrected chi connectivity index (χ0v) is 6.53. The molecule has 4 heteroatoms. The molecule has 0 amide bonds. The monoisotopic (exact) mass is 158 g/mol. The largest absolute Gasteiger partial charge is 0.463 e. The van der Waals surface area contributed by atoms with Crippen molar-refractivity contribution < 1.29 is 9.53 Å². The fourth-order valence-electron chi connectivity index (χ4n) is 1.37. The summed E-state index contributed by atoms with van der Waals surface area (Å²) in [5.41, 5.74) is 5.38. The quantitative estimate of drug-likeness (QED) is 0.544. The summed E-state index contributed by atoms with van der Waals surface area (Å²) in [6, 6.07) is 0. The molecule has 0 aromatic rings. The van der Waals surface area contributed by atoms with Gasteiger partial charge in [-0.05, 0) is 6.42 Å². The molecular weight excluding hydrogens is 144 g/mol. The maximum absolute atomic E-state index is 9.96. The van der Waals surface area contributed by atoms with Crippen molar-refractivity contribution in [2.75, 3.05) is 26.2 Å². The van der Waals surface area contributed by atoms with E-state index in [0.717, 1.165) is 26.1 Å². The average molecular weight is 158 g/mol. The van der Waals surface area contributed by atoms with Crippen LogP contribution in [0.15, 0.2) is 0 Å². The lowest BCUT2D eigenvalue weighted by molar-refractivity contribution is -0.132. The number of hydrogen-bond donors (Lipinski definition) is 1. The Kier molecular flexibility index (Phi) is 3.32. The van der Waals surface area contributed by atoms with Crippen LogP contribution >= 0.6 is 0 Å². The van der Waals surface area contributed by atoms with Crippen LogP contribution in [0.1, 0.15) is 6.42 Å². The van der Waals surface area contributed by atoms with E-state index >= 15 is 0 Å². The number of nitrogens with two attached hydrogens (primary N) is 1. The van der Waals surface area contributed by atoms with E-state index < -0.39 is 0 Å². The molecule has 1 atom stereocenters. The summed E-state index contributed by atoms with van der Waals surface area (Å²) in [5, 5.41) is 0. The Hall–Kier alpha value is -0.610. The summed E-state index contributed by atoms with van der Waals surface area (Å²) >= 11 is 0. The van der Waals surface area contributed by atoms with Crippen LogP contribution in [0.5, 0.6) is 0 Å². The minimum Gasteiger partial charge on any atom is -0.463 e. The normalized spacial score (nSPS) is 25.4. The SMILES string of the molecule is NCCN1CCC(OC=O)C1. The molecule has 1 aliphatic heterocycles. The number of rotatable bonds is 4. The summed E-state index contributed by atoms with van der Waals surface area (Å²) in [6.07, 6.45) is 1.04. The maximum atomic E-state index is 9.96. The molecule has 1 fully saturated rings. The fraction of sp³-hybridized carbons (Fsp3) is 0.857. The van der Waals surface area contributed by atoms with E-state index in [1.165, 1.54) is 0 Å². The Bertz CT molecular complexity index is 130. The standard InChI is InChI=1S/C7H14N2O2/c8-2-4-9-3-1-7(5-9)11-6-10/h6-7H,1-5,8H2. The van der Waals surface area contributed by atoms with Crippen LogP contribution in [0, 0.1) is 0 Å². The Balaban J connectivity index is 2.17. The predicted molar refractivity (Wildman–Crippen MR) is 41.0 cm³/mol. The van der Waals surface area contributed by atoms with Gasteiger partial charge in [0.25, 0.3) is 6.47 Å². The van der Waals surface area contributed by atoms with E-state index in [-0.39, 0.29) is 6.10 Å². The van der Waals surface area contributed by atoms with Gasteiger partial charge in [0.15, 0.2) is 0 Å². The molecule has 0 radical (unpaired) electrons. The van der Waals surface area contributed by atoms with Gasteiger partial charge in [0.1, 0.15) is 6.10 Å². The first-order valence-corrected chi connectivity index (χ1v) is 3.88. The zero-order valence-electron chi connectivity index (χ0n) is 6.53. The molecule has 1 aliphatic rings. The van der Waals surface area contributed by atoms with Crippen LogP contribution in [0.4, 0.5) is 0 Å². The number of carbonyl (C=O) groups excluding carboxylic acids is 1. The molecule has 0 aromatic carbocycles. The van der Waals surface area contributed by atoms with Crippen LogP contribution in [0.2, 0.25) is 0 Å². The lowest BCUT2D eigenvalue weighted by Gasteiger charge is -2.12. The third-order valence-corrected chi connectivity index (χ3v) is 1.92. The van der Waals surface area contributed by atoms with Crippen molar-refractivity contribution in [3.05, 3.63) is 0 Å². The number of ether oxygens (including phenoxy) is 1. The lowest BCUT2D eigenvalue weighted by Crippen LogP contribution is -2.28. The summed E-state index contributed by atoms with van der Waals surface area (Å²) in [6.45, 7) is 3.94. The van der Waals surface area contributed by atoms with Crippen LogP contribution in [0.3, 0.4) is 0 Å². The molecule has 1 unspecified atom stereocenters. The zero-order chi connectivity index (χ0) is 8.10. The number of likely N-dealkylation sites (tertiary alicyclic amines) is 1. The van der Waals surface area contributed by atoms with Crippen molar-refractivity contribution in [2.45, 2.75) is 12.5 Å². The Labute approximate surface area is 66.3 Å². The molecule has 2 N–H and O–H groups in total. The highest BCUT2D eigenvalue weighted by atomic mass is 16.5. The molecule has 0 saturated carbocycles. The number of carbonyl (C=O) groups is 1. The first-order chi connectivity index (χ1) is 5.36. The van der Waals surface area contributed by atoms with E-state index in [4.69, 9.17) is 10.5 Å². The minimum atomic E-state index is 0.0963. The highest BCUT2D eigenvalue weighted by molar-refractivity contribution is 5.37. The molecule has 0 bridgehead atoms. The third-order valence-electron chi connectivity index (χ3n) is 1.92. The van der Waals surface area contributed by atoms with Gasteiger partial charge in [-0.3, -0.25) is 9.69 Å². The molecule has 1 rings (SSSR count). The topological polar surface area (TPSA) is 55.6 Å². The molecule has 64 valence electrons. The third kappa shape index (κ3) is 2.48. The summed E-state index contributed by atoms with van der Waals surface area (Å²) < 4.78 is 4.82. The smallest absolute Gasteiger partial charge is 0.293 e. The van der Waals surface area contributed by atoms with Gasteiger partial charge in [-0.15, -0.1) is 0 Å². The number of nitrogens with zero attached hydrogens (tertiary/aromatic N) is 1. The van der Waals surface area contributed by atoms with Gasteiger partial charge in [0.05, 0.1) is 0 Å². The van der Waals surface area contributed by atoms with E-state index in [9.17, 15) is 4.79 Å². The predicted octanol–water partition coefficient (Wildman–Crippen LogP) is -0.808. The second-order valence-electron chi connectivity index (χ2n) is 2.73. The number of hydrogen-bond acceptors (Lipinski definition) is 4. The van der Waals surface area contributed by atoms with Crippen molar-refractivity contribution in [3.8, 4) is 0 Å². The van der Waals surface area contributed by atoms with E-state index in [1.807, 2.05) is 0 Å². The van der Waals surface area contributed by atoms with Crippen molar-refractivity contribution >= 4 is 6.47 Å². The Morgan fingerprint density at radius 3 is 3.18 bits per heavy atom. The van der Waals surface area contributed by atoms with Gasteiger partial charge >= 0.3 is 0 Å². The molecule has 1 heterocycles. The van der Waals surface area contributed by atoms with Gasteiger partial charge in [0, 0.05) is 26.2 Å². The van der Waals surface area contributed by atoms with Crippen LogP contribution in [-0.4, -0.2) is 43.7 Å². The summed E-state index contributed by atoms with van der Waals surface area (Å²) in [7, 11) is 0. The van der Waals surface area contributed by atoms with Crippen LogP contribution in [0.25, 0.3) is 0 Å². The Morgan fingerprint density at radius 2 is 2.55 bits per heavy atom. The first-order valence-electron chi connectivity index (χ1n) is 3.88.